The number of aromatic nitrogens is 4. The van der Waals surface area contributed by atoms with Gasteiger partial charge in [-0.1, -0.05) is 18.2 Å². The number of rotatable bonds is 1. The Balaban J connectivity index is 2.76. The lowest BCUT2D eigenvalue weighted by atomic mass is 10.2. The topological polar surface area (TPSA) is 43.1 Å². The molecule has 0 bridgehead atoms. The summed E-state index contributed by atoms with van der Waals surface area (Å²) in [5, 5.41) is 8.26. The molecule has 13 heavy (non-hydrogen) atoms. The summed E-state index contributed by atoms with van der Waals surface area (Å²) in [5.74, 6) is 0. The van der Waals surface area contributed by atoms with Crippen LogP contribution in [0.4, 0.5) is 0 Å². The molecule has 2 rings (SSSR count). The highest BCUT2D eigenvalue weighted by molar-refractivity contribution is 6.31. The molecule has 5 heteroatoms. The quantitative estimate of drug-likeness (QED) is 0.696. The van der Waals surface area contributed by atoms with Gasteiger partial charge < -0.3 is 0 Å². The van der Waals surface area contributed by atoms with E-state index in [0.717, 1.165) is 11.1 Å². The molecule has 0 N–H and O–H groups in total. The van der Waals surface area contributed by atoms with E-state index in [1.807, 2.05) is 13.0 Å². The van der Waals surface area contributed by atoms with Crippen LogP contribution in [0.5, 0.6) is 0 Å². The number of hydrogen-bond acceptors (Lipinski definition) is 3. The standard InChI is InChI=1S/C8H7ClN4/c1-5(2)6-3-7-10-4-11-13(7)12-8(6)9/h3-4H,1H2,2H3. The maximum absolute atomic E-state index is 5.89. The molecule has 0 aliphatic carbocycles. The van der Waals surface area contributed by atoms with Crippen LogP contribution in [0, 0.1) is 0 Å². The van der Waals surface area contributed by atoms with Gasteiger partial charge in [0.15, 0.2) is 10.8 Å². The Hall–Kier alpha value is -1.42. The SMILES string of the molecule is C=C(C)c1cc2ncnn2nc1Cl. The third kappa shape index (κ3) is 1.29. The van der Waals surface area contributed by atoms with E-state index in [2.05, 4.69) is 21.8 Å². The van der Waals surface area contributed by atoms with E-state index in [4.69, 9.17) is 11.6 Å². The lowest BCUT2D eigenvalue weighted by Gasteiger charge is -2.01. The average molecular weight is 195 g/mol. The number of allylic oxidation sites excluding steroid dienone is 1. The molecular weight excluding hydrogens is 188 g/mol. The molecule has 2 heterocycles. The highest BCUT2D eigenvalue weighted by atomic mass is 35.5. The monoisotopic (exact) mass is 194 g/mol. The summed E-state index contributed by atoms with van der Waals surface area (Å²) in [4.78, 5) is 3.99. The minimum Gasteiger partial charge on any atom is -0.213 e. The van der Waals surface area contributed by atoms with Crippen molar-refractivity contribution in [1.29, 1.82) is 0 Å². The Morgan fingerprint density at radius 3 is 3.08 bits per heavy atom. The van der Waals surface area contributed by atoms with E-state index in [1.165, 1.54) is 11.0 Å². The Bertz CT molecular complexity index is 474. The van der Waals surface area contributed by atoms with Gasteiger partial charge in [-0.3, -0.25) is 0 Å². The van der Waals surface area contributed by atoms with Crippen LogP contribution in [0.3, 0.4) is 0 Å². The van der Waals surface area contributed by atoms with Gasteiger partial charge in [0.1, 0.15) is 6.33 Å². The van der Waals surface area contributed by atoms with Gasteiger partial charge in [0.25, 0.3) is 0 Å². The third-order valence-electron chi connectivity index (χ3n) is 1.69. The lowest BCUT2D eigenvalue weighted by molar-refractivity contribution is 0.798. The summed E-state index contributed by atoms with van der Waals surface area (Å²) >= 11 is 5.89. The van der Waals surface area contributed by atoms with Crippen molar-refractivity contribution in [2.24, 2.45) is 0 Å². The molecule has 2 aromatic rings. The summed E-state index contributed by atoms with van der Waals surface area (Å²) in [7, 11) is 0. The second kappa shape index (κ2) is 2.81. The fourth-order valence-electron chi connectivity index (χ4n) is 1.04. The summed E-state index contributed by atoms with van der Waals surface area (Å²) < 4.78 is 1.38. The maximum Gasteiger partial charge on any atom is 0.176 e. The van der Waals surface area contributed by atoms with E-state index in [1.54, 1.807) is 0 Å². The first-order valence-corrected chi connectivity index (χ1v) is 4.09. The summed E-state index contributed by atoms with van der Waals surface area (Å²) in [6, 6.07) is 1.81. The van der Waals surface area contributed by atoms with Crippen LogP contribution in [0.25, 0.3) is 11.2 Å². The van der Waals surface area contributed by atoms with Crippen molar-refractivity contribution in [3.05, 3.63) is 29.7 Å². The molecule has 66 valence electrons. The Kier molecular flexibility index (Phi) is 1.77. The fraction of sp³-hybridized carbons (Fsp3) is 0.125. The van der Waals surface area contributed by atoms with Crippen LogP contribution in [0.1, 0.15) is 12.5 Å². The van der Waals surface area contributed by atoms with Gasteiger partial charge >= 0.3 is 0 Å². The van der Waals surface area contributed by atoms with Gasteiger partial charge in [0.05, 0.1) is 0 Å². The highest BCUT2D eigenvalue weighted by Gasteiger charge is 2.06. The minimum atomic E-state index is 0.394. The first kappa shape index (κ1) is 8.19. The largest absolute Gasteiger partial charge is 0.213 e. The minimum absolute atomic E-state index is 0.394. The highest BCUT2D eigenvalue weighted by Crippen LogP contribution is 2.20. The zero-order chi connectivity index (χ0) is 9.42. The third-order valence-corrected chi connectivity index (χ3v) is 1.97. The molecule has 0 aliphatic rings. The van der Waals surface area contributed by atoms with Crippen LogP contribution < -0.4 is 0 Å². The predicted octanol–water partition coefficient (Wildman–Crippen LogP) is 1.81. The second-order valence-corrected chi connectivity index (χ2v) is 3.09. The van der Waals surface area contributed by atoms with Crippen molar-refractivity contribution in [3.8, 4) is 0 Å². The number of nitrogens with zero attached hydrogens (tertiary/aromatic N) is 4. The number of halogens is 1. The molecule has 0 unspecified atom stereocenters. The van der Waals surface area contributed by atoms with Gasteiger partial charge in [-0.15, -0.1) is 14.8 Å². The summed E-state index contributed by atoms with van der Waals surface area (Å²) in [6.45, 7) is 5.67. The van der Waals surface area contributed by atoms with E-state index < -0.39 is 0 Å². The summed E-state index contributed by atoms with van der Waals surface area (Å²) in [5.41, 5.74) is 2.34. The molecule has 0 saturated carbocycles. The lowest BCUT2D eigenvalue weighted by Crippen LogP contribution is -1.96. The Morgan fingerprint density at radius 1 is 1.62 bits per heavy atom. The van der Waals surface area contributed by atoms with Crippen molar-refractivity contribution in [2.45, 2.75) is 6.92 Å². The predicted molar refractivity (Wildman–Crippen MR) is 50.5 cm³/mol. The molecule has 0 atom stereocenters. The Morgan fingerprint density at radius 2 is 2.38 bits per heavy atom. The van der Waals surface area contributed by atoms with Gasteiger partial charge in [0, 0.05) is 5.56 Å². The first-order valence-electron chi connectivity index (χ1n) is 3.71. The van der Waals surface area contributed by atoms with Gasteiger partial charge in [0.2, 0.25) is 0 Å². The van der Waals surface area contributed by atoms with Crippen LogP contribution in [-0.4, -0.2) is 19.8 Å². The smallest absolute Gasteiger partial charge is 0.176 e. The van der Waals surface area contributed by atoms with Crippen LogP contribution in [0.15, 0.2) is 19.0 Å². The van der Waals surface area contributed by atoms with E-state index in [9.17, 15) is 0 Å². The molecule has 0 aromatic carbocycles. The molecule has 0 spiro atoms. The molecule has 4 nitrogen and oxygen atoms in total. The zero-order valence-electron chi connectivity index (χ0n) is 7.03. The van der Waals surface area contributed by atoms with E-state index in [-0.39, 0.29) is 0 Å². The van der Waals surface area contributed by atoms with Crippen LogP contribution in [-0.2, 0) is 0 Å². The van der Waals surface area contributed by atoms with Gasteiger partial charge in [-0.25, -0.2) is 4.98 Å². The molecule has 0 saturated heterocycles. The first-order chi connectivity index (χ1) is 6.18. The molecule has 2 aromatic heterocycles. The molecule has 0 aliphatic heterocycles. The number of fused-ring (bicyclic) bond motifs is 1. The molecule has 0 fully saturated rings. The van der Waals surface area contributed by atoms with Gasteiger partial charge in [-0.05, 0) is 18.6 Å². The van der Waals surface area contributed by atoms with Crippen LogP contribution >= 0.6 is 11.6 Å². The maximum atomic E-state index is 5.89. The molecular formula is C8H7ClN4. The summed E-state index contributed by atoms with van der Waals surface area (Å²) in [6.07, 6.45) is 1.43. The number of hydrogen-bond donors (Lipinski definition) is 0. The fourth-order valence-corrected chi connectivity index (χ4v) is 1.33. The van der Waals surface area contributed by atoms with Crippen molar-refractivity contribution in [2.75, 3.05) is 0 Å². The van der Waals surface area contributed by atoms with E-state index >= 15 is 0 Å². The Labute approximate surface area is 79.9 Å². The molecule has 0 radical (unpaired) electrons. The van der Waals surface area contributed by atoms with Crippen molar-refractivity contribution < 1.29 is 0 Å². The van der Waals surface area contributed by atoms with E-state index in [0.29, 0.717) is 10.8 Å². The zero-order valence-corrected chi connectivity index (χ0v) is 7.78. The normalized spacial score (nSPS) is 10.6. The van der Waals surface area contributed by atoms with Crippen LogP contribution in [0.2, 0.25) is 5.15 Å². The molecule has 0 amide bonds. The second-order valence-electron chi connectivity index (χ2n) is 2.74. The van der Waals surface area contributed by atoms with Crippen molar-refractivity contribution >= 4 is 22.8 Å². The van der Waals surface area contributed by atoms with Crippen molar-refractivity contribution in [3.63, 3.8) is 0 Å². The average Bonchev–Trinajstić information content (AvgIpc) is 2.48. The van der Waals surface area contributed by atoms with Crippen molar-refractivity contribution in [1.82, 2.24) is 19.8 Å². The van der Waals surface area contributed by atoms with Gasteiger partial charge in [-0.2, -0.15) is 0 Å².